The van der Waals surface area contributed by atoms with Crippen molar-refractivity contribution in [3.05, 3.63) is 11.3 Å². The highest BCUT2D eigenvalue weighted by Gasteiger charge is 2.35. The van der Waals surface area contributed by atoms with Crippen molar-refractivity contribution >= 4 is 11.9 Å². The monoisotopic (exact) mass is 300 g/mol. The fourth-order valence-electron chi connectivity index (χ4n) is 1.99. The summed E-state index contributed by atoms with van der Waals surface area (Å²) >= 11 is 0. The Morgan fingerprint density at radius 2 is 1.81 bits per heavy atom. The maximum atomic E-state index is 12.4. The van der Waals surface area contributed by atoms with E-state index >= 15 is 0 Å². The zero-order valence-electron chi connectivity index (χ0n) is 13.0. The molecule has 0 bridgehead atoms. The van der Waals surface area contributed by atoms with Crippen molar-refractivity contribution in [3.8, 4) is 11.6 Å². The highest BCUT2D eigenvalue weighted by Crippen LogP contribution is 2.39. The first-order valence-corrected chi connectivity index (χ1v) is 6.23. The van der Waals surface area contributed by atoms with Gasteiger partial charge in [-0.25, -0.2) is 9.86 Å². The Hall–Kier alpha value is -2.22. The zero-order chi connectivity index (χ0) is 16.3. The Bertz CT molecular complexity index is 549. The average Bonchev–Trinajstić information content (AvgIpc) is 2.77. The first-order valence-electron chi connectivity index (χ1n) is 6.23. The van der Waals surface area contributed by atoms with Crippen molar-refractivity contribution < 1.29 is 29.0 Å². The maximum absolute atomic E-state index is 12.4. The van der Waals surface area contributed by atoms with Gasteiger partial charge in [-0.05, 0) is 13.8 Å². The number of carbonyl (C=O) groups is 2. The lowest BCUT2D eigenvalue weighted by atomic mass is 10.2. The van der Waals surface area contributed by atoms with Crippen LogP contribution in [-0.4, -0.2) is 55.0 Å². The summed E-state index contributed by atoms with van der Waals surface area (Å²) in [6.45, 7) is 3.50. The number of esters is 1. The van der Waals surface area contributed by atoms with Crippen LogP contribution in [0.2, 0.25) is 0 Å². The molecule has 118 valence electrons. The second-order valence-corrected chi connectivity index (χ2v) is 4.52. The van der Waals surface area contributed by atoms with Crippen molar-refractivity contribution in [2.75, 3.05) is 28.4 Å². The lowest BCUT2D eigenvalue weighted by Crippen LogP contribution is -2.28. The summed E-state index contributed by atoms with van der Waals surface area (Å²) in [5.41, 5.74) is -0.198. The summed E-state index contributed by atoms with van der Waals surface area (Å²) in [5, 5.41) is 11.2. The van der Waals surface area contributed by atoms with Gasteiger partial charge in [-0.1, -0.05) is 0 Å². The predicted octanol–water partition coefficient (Wildman–Crippen LogP) is 1.20. The molecule has 0 aliphatic rings. The fraction of sp³-hybridized carbons (Fsp3) is 0.538. The lowest BCUT2D eigenvalue weighted by Gasteiger charge is -2.15. The van der Waals surface area contributed by atoms with E-state index < -0.39 is 11.9 Å². The number of aromatic nitrogens is 1. The standard InChI is InChI=1S/C13H20N2O6/c1-7(2)15-9(13(18)20-5)8(10(19-4)12(15)17)11(16)14(3)21-6/h7,17H,1-6H3. The third-order valence-electron chi connectivity index (χ3n) is 3.01. The molecule has 1 aromatic rings. The molecular formula is C13H20N2O6. The van der Waals surface area contributed by atoms with Crippen LogP contribution in [0.4, 0.5) is 0 Å². The van der Waals surface area contributed by atoms with E-state index in [1.54, 1.807) is 13.8 Å². The molecule has 1 N–H and O–H groups in total. The molecule has 0 aromatic carbocycles. The Morgan fingerprint density at radius 3 is 2.19 bits per heavy atom. The molecule has 1 heterocycles. The van der Waals surface area contributed by atoms with Crippen LogP contribution in [0.25, 0.3) is 0 Å². The first kappa shape index (κ1) is 16.8. The molecule has 1 rings (SSSR count). The van der Waals surface area contributed by atoms with Crippen molar-refractivity contribution in [3.63, 3.8) is 0 Å². The van der Waals surface area contributed by atoms with Crippen LogP contribution in [-0.2, 0) is 9.57 Å². The number of hydroxylamine groups is 2. The van der Waals surface area contributed by atoms with E-state index in [4.69, 9.17) is 14.3 Å². The Kier molecular flexibility index (Phi) is 5.20. The Labute approximate surface area is 122 Å². The minimum Gasteiger partial charge on any atom is -0.492 e. The fourth-order valence-corrected chi connectivity index (χ4v) is 1.99. The molecule has 1 amide bonds. The topological polar surface area (TPSA) is 90.2 Å². The van der Waals surface area contributed by atoms with Gasteiger partial charge < -0.3 is 19.1 Å². The molecule has 0 unspecified atom stereocenters. The number of methoxy groups -OCH3 is 2. The molecule has 0 saturated carbocycles. The molecule has 0 aliphatic heterocycles. The van der Waals surface area contributed by atoms with Crippen LogP contribution in [0.1, 0.15) is 40.7 Å². The van der Waals surface area contributed by atoms with Gasteiger partial charge in [-0.3, -0.25) is 9.63 Å². The lowest BCUT2D eigenvalue weighted by molar-refractivity contribution is -0.0759. The molecule has 0 atom stereocenters. The van der Waals surface area contributed by atoms with Crippen LogP contribution in [0.3, 0.4) is 0 Å². The number of hydrogen-bond acceptors (Lipinski definition) is 6. The number of aromatic hydroxyl groups is 1. The van der Waals surface area contributed by atoms with E-state index in [0.717, 1.165) is 5.06 Å². The van der Waals surface area contributed by atoms with Gasteiger partial charge in [-0.15, -0.1) is 0 Å². The number of ether oxygens (including phenoxy) is 2. The van der Waals surface area contributed by atoms with E-state index in [2.05, 4.69) is 0 Å². The number of nitrogens with zero attached hydrogens (tertiary/aromatic N) is 2. The summed E-state index contributed by atoms with van der Waals surface area (Å²) in [6.07, 6.45) is 0. The summed E-state index contributed by atoms with van der Waals surface area (Å²) < 4.78 is 11.1. The van der Waals surface area contributed by atoms with Gasteiger partial charge in [0.1, 0.15) is 11.3 Å². The first-order chi connectivity index (χ1) is 9.81. The molecule has 8 nitrogen and oxygen atoms in total. The maximum Gasteiger partial charge on any atom is 0.355 e. The van der Waals surface area contributed by atoms with Gasteiger partial charge in [0.15, 0.2) is 5.75 Å². The van der Waals surface area contributed by atoms with Gasteiger partial charge in [0.25, 0.3) is 5.91 Å². The van der Waals surface area contributed by atoms with E-state index in [-0.39, 0.29) is 28.9 Å². The number of rotatable bonds is 5. The van der Waals surface area contributed by atoms with Gasteiger partial charge in [0.05, 0.1) is 21.3 Å². The number of amides is 1. The predicted molar refractivity (Wildman–Crippen MR) is 73.5 cm³/mol. The van der Waals surface area contributed by atoms with Gasteiger partial charge in [0.2, 0.25) is 5.88 Å². The van der Waals surface area contributed by atoms with Gasteiger partial charge >= 0.3 is 5.97 Å². The molecule has 0 spiro atoms. The van der Waals surface area contributed by atoms with Crippen molar-refractivity contribution in [2.45, 2.75) is 19.9 Å². The van der Waals surface area contributed by atoms with E-state index in [1.807, 2.05) is 0 Å². The quantitative estimate of drug-likeness (QED) is 0.649. The Balaban J connectivity index is 3.70. The van der Waals surface area contributed by atoms with E-state index in [0.29, 0.717) is 0 Å². The summed E-state index contributed by atoms with van der Waals surface area (Å²) in [6, 6.07) is -0.289. The minimum absolute atomic E-state index is 0.0873. The van der Waals surface area contributed by atoms with Crippen molar-refractivity contribution in [2.24, 2.45) is 0 Å². The molecule has 0 radical (unpaired) electrons. The van der Waals surface area contributed by atoms with Crippen molar-refractivity contribution in [1.82, 2.24) is 9.63 Å². The molecular weight excluding hydrogens is 280 g/mol. The van der Waals surface area contributed by atoms with Crippen LogP contribution in [0.5, 0.6) is 11.6 Å². The molecule has 1 aromatic heterocycles. The minimum atomic E-state index is -0.754. The smallest absolute Gasteiger partial charge is 0.355 e. The highest BCUT2D eigenvalue weighted by atomic mass is 16.7. The molecule has 21 heavy (non-hydrogen) atoms. The summed E-state index contributed by atoms with van der Waals surface area (Å²) in [7, 11) is 5.18. The van der Waals surface area contributed by atoms with Crippen LogP contribution < -0.4 is 4.74 Å². The van der Waals surface area contributed by atoms with Gasteiger partial charge in [-0.2, -0.15) is 0 Å². The van der Waals surface area contributed by atoms with Crippen molar-refractivity contribution in [1.29, 1.82) is 0 Å². The van der Waals surface area contributed by atoms with Crippen LogP contribution in [0.15, 0.2) is 0 Å². The van der Waals surface area contributed by atoms with E-state index in [9.17, 15) is 14.7 Å². The molecule has 0 aliphatic carbocycles. The van der Waals surface area contributed by atoms with Gasteiger partial charge in [0, 0.05) is 13.1 Å². The third-order valence-corrected chi connectivity index (χ3v) is 3.01. The largest absolute Gasteiger partial charge is 0.492 e. The number of carbonyl (C=O) groups excluding carboxylic acids is 2. The molecule has 0 saturated heterocycles. The zero-order valence-corrected chi connectivity index (χ0v) is 13.0. The SMILES string of the molecule is COC(=O)c1c(C(=O)N(C)OC)c(OC)c(O)n1C(C)C. The molecule has 0 fully saturated rings. The number of hydrogen-bond donors (Lipinski definition) is 1. The second-order valence-electron chi connectivity index (χ2n) is 4.52. The third kappa shape index (κ3) is 2.80. The summed E-state index contributed by atoms with van der Waals surface area (Å²) in [5.74, 6) is -1.81. The highest BCUT2D eigenvalue weighted by molar-refractivity contribution is 6.07. The average molecular weight is 300 g/mol. The Morgan fingerprint density at radius 1 is 1.24 bits per heavy atom. The normalized spacial score (nSPS) is 10.6. The summed E-state index contributed by atoms with van der Waals surface area (Å²) in [4.78, 5) is 29.2. The van der Waals surface area contributed by atoms with Crippen LogP contribution in [0, 0.1) is 0 Å². The van der Waals surface area contributed by atoms with Crippen LogP contribution >= 0.6 is 0 Å². The second kappa shape index (κ2) is 6.49. The molecule has 8 heteroatoms. The van der Waals surface area contributed by atoms with E-state index in [1.165, 1.54) is 32.9 Å².